The second-order valence-electron chi connectivity index (χ2n) is 4.28. The Kier molecular flexibility index (Phi) is 6.12. The van der Waals surface area contributed by atoms with E-state index in [1.807, 2.05) is 0 Å². The summed E-state index contributed by atoms with van der Waals surface area (Å²) in [6.45, 7) is 3.87. The fraction of sp³-hybridized carbons (Fsp3) is 0.385. The first-order valence-corrected chi connectivity index (χ1v) is 7.68. The molecule has 1 aliphatic heterocycles. The van der Waals surface area contributed by atoms with E-state index in [1.54, 1.807) is 18.2 Å². The molecule has 110 valence electrons. The standard InChI is InChI=1S/C13H14Cl4N2O/c14-10-7-9(20-6-1-12(16)17)8-11(15)13(10)19-4-2-18-3-5-19/h1,7-8,18H,2-6H2. The lowest BCUT2D eigenvalue weighted by molar-refractivity contribution is 0.363. The molecule has 20 heavy (non-hydrogen) atoms. The van der Waals surface area contributed by atoms with Crippen molar-refractivity contribution in [1.82, 2.24) is 5.32 Å². The zero-order valence-corrected chi connectivity index (χ0v) is 13.7. The van der Waals surface area contributed by atoms with E-state index in [1.165, 1.54) is 0 Å². The van der Waals surface area contributed by atoms with Gasteiger partial charge in [-0.05, 0) is 6.08 Å². The molecule has 0 bridgehead atoms. The molecule has 1 aromatic rings. The molecular formula is C13H14Cl4N2O. The Labute approximate surface area is 138 Å². The van der Waals surface area contributed by atoms with E-state index in [0.717, 1.165) is 31.9 Å². The van der Waals surface area contributed by atoms with Gasteiger partial charge in [0.1, 0.15) is 16.8 Å². The third-order valence-corrected chi connectivity index (χ3v) is 3.80. The number of halogens is 4. The highest BCUT2D eigenvalue weighted by atomic mass is 35.5. The predicted octanol–water partition coefficient (Wildman–Crippen LogP) is 4.10. The van der Waals surface area contributed by atoms with E-state index in [0.29, 0.717) is 15.8 Å². The van der Waals surface area contributed by atoms with Crippen molar-refractivity contribution in [3.05, 3.63) is 32.7 Å². The minimum absolute atomic E-state index is 0.166. The molecule has 1 aromatic carbocycles. The van der Waals surface area contributed by atoms with E-state index < -0.39 is 0 Å². The summed E-state index contributed by atoms with van der Waals surface area (Å²) in [6.07, 6.45) is 1.55. The van der Waals surface area contributed by atoms with Gasteiger partial charge in [-0.25, -0.2) is 0 Å². The maximum atomic E-state index is 6.32. The van der Waals surface area contributed by atoms with Gasteiger partial charge < -0.3 is 15.0 Å². The summed E-state index contributed by atoms with van der Waals surface area (Å²) >= 11 is 23.7. The van der Waals surface area contributed by atoms with Crippen molar-refractivity contribution < 1.29 is 4.74 Å². The fourth-order valence-corrected chi connectivity index (χ4v) is 2.85. The highest BCUT2D eigenvalue weighted by Gasteiger charge is 2.18. The first-order chi connectivity index (χ1) is 9.58. The number of nitrogens with one attached hydrogen (secondary N) is 1. The van der Waals surface area contributed by atoms with Gasteiger partial charge in [0.15, 0.2) is 0 Å². The average Bonchev–Trinajstić information content (AvgIpc) is 2.38. The minimum Gasteiger partial charge on any atom is -0.489 e. The van der Waals surface area contributed by atoms with Gasteiger partial charge in [0.2, 0.25) is 0 Å². The molecule has 0 atom stereocenters. The van der Waals surface area contributed by atoms with Crippen LogP contribution in [0.1, 0.15) is 0 Å². The molecule has 0 amide bonds. The van der Waals surface area contributed by atoms with Crippen molar-refractivity contribution >= 4 is 52.1 Å². The molecule has 0 aliphatic carbocycles. The third kappa shape index (κ3) is 4.34. The summed E-state index contributed by atoms with van der Waals surface area (Å²) in [6, 6.07) is 3.50. The van der Waals surface area contributed by atoms with Crippen molar-refractivity contribution in [2.24, 2.45) is 0 Å². The molecule has 7 heteroatoms. The van der Waals surface area contributed by atoms with E-state index in [4.69, 9.17) is 51.1 Å². The highest BCUT2D eigenvalue weighted by Crippen LogP contribution is 2.37. The molecule has 1 aliphatic rings. The SMILES string of the molecule is ClC(Cl)=CCOc1cc(Cl)c(N2CCNCC2)c(Cl)c1. The maximum absolute atomic E-state index is 6.32. The molecule has 0 saturated carbocycles. The molecule has 3 nitrogen and oxygen atoms in total. The van der Waals surface area contributed by atoms with Crippen LogP contribution in [0.3, 0.4) is 0 Å². The quantitative estimate of drug-likeness (QED) is 0.879. The van der Waals surface area contributed by atoms with E-state index >= 15 is 0 Å². The lowest BCUT2D eigenvalue weighted by atomic mass is 10.2. The summed E-state index contributed by atoms with van der Waals surface area (Å²) in [5.41, 5.74) is 0.855. The number of ether oxygens (including phenoxy) is 1. The molecular weight excluding hydrogens is 342 g/mol. The Hall–Kier alpha value is -0.320. The molecule has 1 fully saturated rings. The Morgan fingerprint density at radius 3 is 2.35 bits per heavy atom. The summed E-state index contributed by atoms with van der Waals surface area (Å²) < 4.78 is 5.64. The molecule has 0 aromatic heterocycles. The zero-order valence-electron chi connectivity index (χ0n) is 10.6. The van der Waals surface area contributed by atoms with Crippen LogP contribution in [0.15, 0.2) is 22.7 Å². The highest BCUT2D eigenvalue weighted by molar-refractivity contribution is 6.55. The Balaban J connectivity index is 2.13. The van der Waals surface area contributed by atoms with Gasteiger partial charge >= 0.3 is 0 Å². The van der Waals surface area contributed by atoms with Crippen LogP contribution in [0, 0.1) is 0 Å². The van der Waals surface area contributed by atoms with Gasteiger partial charge in [-0.3, -0.25) is 0 Å². The molecule has 2 rings (SSSR count). The van der Waals surface area contributed by atoms with E-state index in [9.17, 15) is 0 Å². The van der Waals surface area contributed by atoms with Crippen molar-refractivity contribution in [1.29, 1.82) is 0 Å². The molecule has 0 spiro atoms. The normalized spacial score (nSPS) is 15.1. The summed E-state index contributed by atoms with van der Waals surface area (Å²) in [4.78, 5) is 2.17. The number of piperazine rings is 1. The van der Waals surface area contributed by atoms with Gasteiger partial charge in [-0.2, -0.15) is 0 Å². The van der Waals surface area contributed by atoms with Crippen LogP contribution >= 0.6 is 46.4 Å². The van der Waals surface area contributed by atoms with Gasteiger partial charge in [0, 0.05) is 38.3 Å². The largest absolute Gasteiger partial charge is 0.489 e. The van der Waals surface area contributed by atoms with E-state index in [-0.39, 0.29) is 11.1 Å². The van der Waals surface area contributed by atoms with Crippen LogP contribution < -0.4 is 15.0 Å². The first kappa shape index (κ1) is 16.1. The van der Waals surface area contributed by atoms with Crippen molar-refractivity contribution in [3.8, 4) is 5.75 Å². The van der Waals surface area contributed by atoms with E-state index in [2.05, 4.69) is 10.2 Å². The van der Waals surface area contributed by atoms with Crippen LogP contribution in [-0.4, -0.2) is 32.8 Å². The molecule has 1 heterocycles. The van der Waals surface area contributed by atoms with Crippen LogP contribution in [0.25, 0.3) is 0 Å². The van der Waals surface area contributed by atoms with Crippen LogP contribution in [0.2, 0.25) is 10.0 Å². The maximum Gasteiger partial charge on any atom is 0.122 e. The number of anilines is 1. The van der Waals surface area contributed by atoms with Crippen molar-refractivity contribution in [2.75, 3.05) is 37.7 Å². The van der Waals surface area contributed by atoms with Gasteiger partial charge in [-0.1, -0.05) is 46.4 Å². The number of benzene rings is 1. The first-order valence-electron chi connectivity index (χ1n) is 6.16. The average molecular weight is 356 g/mol. The third-order valence-electron chi connectivity index (χ3n) is 2.91. The molecule has 0 radical (unpaired) electrons. The summed E-state index contributed by atoms with van der Waals surface area (Å²) in [5, 5.41) is 4.45. The minimum atomic E-state index is 0.166. The Morgan fingerprint density at radius 2 is 1.80 bits per heavy atom. The van der Waals surface area contributed by atoms with Crippen LogP contribution in [-0.2, 0) is 0 Å². The zero-order chi connectivity index (χ0) is 14.5. The van der Waals surface area contributed by atoms with Crippen molar-refractivity contribution in [3.63, 3.8) is 0 Å². The number of nitrogens with zero attached hydrogens (tertiary/aromatic N) is 1. The second kappa shape index (κ2) is 7.62. The number of rotatable bonds is 4. The molecule has 0 unspecified atom stereocenters. The Bertz CT molecular complexity index is 474. The Morgan fingerprint density at radius 1 is 1.20 bits per heavy atom. The topological polar surface area (TPSA) is 24.5 Å². The monoisotopic (exact) mass is 354 g/mol. The van der Waals surface area contributed by atoms with Crippen LogP contribution in [0.5, 0.6) is 5.75 Å². The van der Waals surface area contributed by atoms with Crippen molar-refractivity contribution in [2.45, 2.75) is 0 Å². The predicted molar refractivity (Wildman–Crippen MR) is 86.8 cm³/mol. The smallest absolute Gasteiger partial charge is 0.122 e. The lowest BCUT2D eigenvalue weighted by Crippen LogP contribution is -2.43. The summed E-state index contributed by atoms with van der Waals surface area (Å²) in [7, 11) is 0. The van der Waals surface area contributed by atoms with Crippen LogP contribution in [0.4, 0.5) is 5.69 Å². The number of hydrogen-bond donors (Lipinski definition) is 1. The van der Waals surface area contributed by atoms with Gasteiger partial charge in [-0.15, -0.1) is 0 Å². The fourth-order valence-electron chi connectivity index (χ4n) is 2.02. The second-order valence-corrected chi connectivity index (χ2v) is 6.10. The van der Waals surface area contributed by atoms with Gasteiger partial charge in [0.25, 0.3) is 0 Å². The molecule has 1 saturated heterocycles. The molecule has 1 N–H and O–H groups in total. The van der Waals surface area contributed by atoms with Gasteiger partial charge in [0.05, 0.1) is 15.7 Å². The lowest BCUT2D eigenvalue weighted by Gasteiger charge is -2.31. The number of hydrogen-bond acceptors (Lipinski definition) is 3. The summed E-state index contributed by atoms with van der Waals surface area (Å²) in [5.74, 6) is 0.588.